The number of aliphatic hydroxyl groups is 1. The van der Waals surface area contributed by atoms with Gasteiger partial charge in [0.1, 0.15) is 17.1 Å². The summed E-state index contributed by atoms with van der Waals surface area (Å²) in [6.45, 7) is 1.81. The first-order valence-corrected chi connectivity index (χ1v) is 6.00. The molecule has 1 N–H and O–H groups in total. The van der Waals surface area contributed by atoms with Gasteiger partial charge in [-0.15, -0.1) is 5.10 Å². The smallest absolute Gasteiger partial charge is 0.298 e. The Morgan fingerprint density at radius 3 is 2.90 bits per heavy atom. The second kappa shape index (κ2) is 5.66. The first kappa shape index (κ1) is 13.9. The standard InChI is InChI=1S/C12H14N4O4/c1-3-12(17)9-7-15(14-13-9)10-5-4-8(20-2)6-11(10)16(18)19/h4-7,12,17H,3H2,1-2H3. The van der Waals surface area contributed by atoms with E-state index in [2.05, 4.69) is 10.3 Å². The number of nitro benzene ring substituents is 1. The second-order valence-corrected chi connectivity index (χ2v) is 4.12. The Hall–Kier alpha value is -2.48. The maximum Gasteiger partial charge on any atom is 0.298 e. The number of benzene rings is 1. The van der Waals surface area contributed by atoms with Crippen molar-refractivity contribution in [3.05, 3.63) is 40.2 Å². The van der Waals surface area contributed by atoms with Crippen molar-refractivity contribution in [2.24, 2.45) is 0 Å². The maximum absolute atomic E-state index is 11.1. The van der Waals surface area contributed by atoms with E-state index in [4.69, 9.17) is 4.74 Å². The average Bonchev–Trinajstić information content (AvgIpc) is 2.95. The van der Waals surface area contributed by atoms with Crippen LogP contribution in [0.2, 0.25) is 0 Å². The van der Waals surface area contributed by atoms with Crippen LogP contribution >= 0.6 is 0 Å². The number of aromatic nitrogens is 3. The molecule has 2 aromatic rings. The van der Waals surface area contributed by atoms with Crippen LogP contribution in [-0.4, -0.2) is 32.1 Å². The third-order valence-electron chi connectivity index (χ3n) is 2.87. The fourth-order valence-electron chi connectivity index (χ4n) is 1.73. The summed E-state index contributed by atoms with van der Waals surface area (Å²) in [6, 6.07) is 4.43. The van der Waals surface area contributed by atoms with Crippen LogP contribution in [0.1, 0.15) is 25.1 Å². The van der Waals surface area contributed by atoms with Crippen LogP contribution in [-0.2, 0) is 0 Å². The van der Waals surface area contributed by atoms with Crippen molar-refractivity contribution in [1.82, 2.24) is 15.0 Å². The van der Waals surface area contributed by atoms with Crippen LogP contribution < -0.4 is 4.74 Å². The zero-order valence-electron chi connectivity index (χ0n) is 11.1. The van der Waals surface area contributed by atoms with Gasteiger partial charge in [0.15, 0.2) is 0 Å². The third kappa shape index (κ3) is 2.59. The molecule has 0 saturated carbocycles. The highest BCUT2D eigenvalue weighted by molar-refractivity contribution is 5.55. The van der Waals surface area contributed by atoms with Crippen LogP contribution in [0.3, 0.4) is 0 Å². The largest absolute Gasteiger partial charge is 0.496 e. The zero-order valence-corrected chi connectivity index (χ0v) is 11.1. The minimum Gasteiger partial charge on any atom is -0.496 e. The number of hydrogen-bond acceptors (Lipinski definition) is 6. The summed E-state index contributed by atoms with van der Waals surface area (Å²) < 4.78 is 6.24. The first-order valence-electron chi connectivity index (χ1n) is 6.00. The fourth-order valence-corrected chi connectivity index (χ4v) is 1.73. The molecular weight excluding hydrogens is 264 g/mol. The topological polar surface area (TPSA) is 103 Å². The van der Waals surface area contributed by atoms with Gasteiger partial charge in [0.25, 0.3) is 5.69 Å². The zero-order chi connectivity index (χ0) is 14.7. The Kier molecular flexibility index (Phi) is 3.94. The monoisotopic (exact) mass is 278 g/mol. The van der Waals surface area contributed by atoms with Gasteiger partial charge in [-0.3, -0.25) is 10.1 Å². The lowest BCUT2D eigenvalue weighted by atomic mass is 10.2. The molecule has 8 heteroatoms. The molecule has 0 amide bonds. The Morgan fingerprint density at radius 2 is 2.30 bits per heavy atom. The molecule has 0 fully saturated rings. The van der Waals surface area contributed by atoms with Crippen molar-refractivity contribution in [2.45, 2.75) is 19.4 Å². The van der Waals surface area contributed by atoms with Crippen LogP contribution in [0.4, 0.5) is 5.69 Å². The van der Waals surface area contributed by atoms with Crippen molar-refractivity contribution >= 4 is 5.69 Å². The lowest BCUT2D eigenvalue weighted by Gasteiger charge is -2.04. The van der Waals surface area contributed by atoms with Gasteiger partial charge in [0, 0.05) is 0 Å². The van der Waals surface area contributed by atoms with Crippen molar-refractivity contribution < 1.29 is 14.8 Å². The van der Waals surface area contributed by atoms with E-state index in [0.29, 0.717) is 17.9 Å². The average molecular weight is 278 g/mol. The van der Waals surface area contributed by atoms with E-state index in [1.807, 2.05) is 0 Å². The molecule has 0 bridgehead atoms. The molecule has 0 radical (unpaired) electrons. The predicted molar refractivity (Wildman–Crippen MR) is 69.8 cm³/mol. The van der Waals surface area contributed by atoms with Crippen LogP contribution in [0.15, 0.2) is 24.4 Å². The summed E-state index contributed by atoms with van der Waals surface area (Å²) in [7, 11) is 1.43. The van der Waals surface area contributed by atoms with Crippen LogP contribution in [0, 0.1) is 10.1 Å². The molecule has 20 heavy (non-hydrogen) atoms. The first-order chi connectivity index (χ1) is 9.56. The molecule has 106 valence electrons. The third-order valence-corrected chi connectivity index (χ3v) is 2.87. The Labute approximate surface area is 114 Å². The number of hydrogen-bond donors (Lipinski definition) is 1. The SMILES string of the molecule is CCC(O)c1cn(-c2ccc(OC)cc2[N+](=O)[O-])nn1. The molecule has 0 aliphatic carbocycles. The maximum atomic E-state index is 11.1. The number of ether oxygens (including phenoxy) is 1. The minimum absolute atomic E-state index is 0.146. The Morgan fingerprint density at radius 1 is 1.55 bits per heavy atom. The van der Waals surface area contributed by atoms with Crippen molar-refractivity contribution in [2.75, 3.05) is 7.11 Å². The van der Waals surface area contributed by atoms with Gasteiger partial charge in [-0.2, -0.15) is 0 Å². The molecule has 1 aromatic heterocycles. The summed E-state index contributed by atoms with van der Waals surface area (Å²) in [6.07, 6.45) is 1.23. The lowest BCUT2D eigenvalue weighted by Crippen LogP contribution is -2.01. The van der Waals surface area contributed by atoms with E-state index in [1.54, 1.807) is 13.0 Å². The molecule has 0 saturated heterocycles. The summed E-state index contributed by atoms with van der Waals surface area (Å²) in [5.74, 6) is 0.384. The van der Waals surface area contributed by atoms with Gasteiger partial charge >= 0.3 is 0 Å². The van der Waals surface area contributed by atoms with Gasteiger partial charge in [0.2, 0.25) is 0 Å². The molecule has 1 heterocycles. The van der Waals surface area contributed by atoms with Crippen molar-refractivity contribution in [3.8, 4) is 11.4 Å². The molecule has 8 nitrogen and oxygen atoms in total. The second-order valence-electron chi connectivity index (χ2n) is 4.12. The molecule has 0 aliphatic heterocycles. The van der Waals surface area contributed by atoms with Gasteiger partial charge in [-0.05, 0) is 18.6 Å². The van der Waals surface area contributed by atoms with Crippen LogP contribution in [0.25, 0.3) is 5.69 Å². The minimum atomic E-state index is -0.735. The molecule has 1 aromatic carbocycles. The lowest BCUT2D eigenvalue weighted by molar-refractivity contribution is -0.384. The highest BCUT2D eigenvalue weighted by atomic mass is 16.6. The Bertz CT molecular complexity index is 626. The summed E-state index contributed by atoms with van der Waals surface area (Å²) in [5, 5.41) is 28.4. The highest BCUT2D eigenvalue weighted by Gasteiger charge is 2.19. The van der Waals surface area contributed by atoms with Crippen molar-refractivity contribution in [3.63, 3.8) is 0 Å². The molecular formula is C12H14N4O4. The predicted octanol–water partition coefficient (Wildman–Crippen LogP) is 1.63. The number of nitro groups is 1. The van der Waals surface area contributed by atoms with Crippen molar-refractivity contribution in [1.29, 1.82) is 0 Å². The molecule has 0 aliphatic rings. The van der Waals surface area contributed by atoms with Gasteiger partial charge in [0.05, 0.1) is 30.4 Å². The van der Waals surface area contributed by atoms with Crippen LogP contribution in [0.5, 0.6) is 5.75 Å². The summed E-state index contributed by atoms with van der Waals surface area (Å²) >= 11 is 0. The quantitative estimate of drug-likeness (QED) is 0.658. The van der Waals surface area contributed by atoms with E-state index in [9.17, 15) is 15.2 Å². The fraction of sp³-hybridized carbons (Fsp3) is 0.333. The molecule has 1 unspecified atom stereocenters. The molecule has 1 atom stereocenters. The van der Waals surface area contributed by atoms with E-state index in [1.165, 1.54) is 30.1 Å². The summed E-state index contributed by atoms with van der Waals surface area (Å²) in [4.78, 5) is 10.6. The number of rotatable bonds is 5. The van der Waals surface area contributed by atoms with E-state index >= 15 is 0 Å². The van der Waals surface area contributed by atoms with Gasteiger partial charge in [-0.1, -0.05) is 12.1 Å². The normalized spacial score (nSPS) is 12.2. The molecule has 2 rings (SSSR count). The highest BCUT2D eigenvalue weighted by Crippen LogP contribution is 2.27. The van der Waals surface area contributed by atoms with Gasteiger partial charge in [-0.25, -0.2) is 4.68 Å². The van der Waals surface area contributed by atoms with E-state index in [-0.39, 0.29) is 11.4 Å². The van der Waals surface area contributed by atoms with E-state index in [0.717, 1.165) is 0 Å². The number of nitrogens with zero attached hydrogens (tertiary/aromatic N) is 4. The van der Waals surface area contributed by atoms with Gasteiger partial charge < -0.3 is 9.84 Å². The Balaban J connectivity index is 2.46. The number of aliphatic hydroxyl groups excluding tert-OH is 1. The molecule has 0 spiro atoms. The number of methoxy groups -OCH3 is 1. The summed E-state index contributed by atoms with van der Waals surface area (Å²) in [5.41, 5.74) is 0.488. The van der Waals surface area contributed by atoms with E-state index < -0.39 is 11.0 Å².